The summed E-state index contributed by atoms with van der Waals surface area (Å²) in [6.45, 7) is 3.29. The van der Waals surface area contributed by atoms with Crippen LogP contribution in [0.25, 0.3) is 5.82 Å². The van der Waals surface area contributed by atoms with Gasteiger partial charge in [0.05, 0.1) is 36.2 Å². The van der Waals surface area contributed by atoms with Crippen molar-refractivity contribution in [1.82, 2.24) is 25.0 Å². The van der Waals surface area contributed by atoms with Crippen LogP contribution >= 0.6 is 0 Å². The van der Waals surface area contributed by atoms with E-state index in [2.05, 4.69) is 20.3 Å². The number of hydrogen-bond donors (Lipinski definition) is 0. The van der Waals surface area contributed by atoms with E-state index in [0.29, 0.717) is 48.9 Å². The van der Waals surface area contributed by atoms with E-state index < -0.39 is 6.17 Å². The number of pyridine rings is 1. The summed E-state index contributed by atoms with van der Waals surface area (Å²) >= 11 is 0. The third kappa shape index (κ3) is 2.79. The lowest BCUT2D eigenvalue weighted by Crippen LogP contribution is -2.24. The molecule has 5 rings (SSSR count). The predicted octanol–water partition coefficient (Wildman–Crippen LogP) is 2.07. The second kappa shape index (κ2) is 6.36. The largest absolute Gasteiger partial charge is 0.352 e. The molecule has 1 saturated heterocycles. The fraction of sp³-hybridized carbons (Fsp3) is 0.316. The van der Waals surface area contributed by atoms with E-state index in [4.69, 9.17) is 0 Å². The Morgan fingerprint density at radius 1 is 1.14 bits per heavy atom. The second-order valence-corrected chi connectivity index (χ2v) is 7.06. The van der Waals surface area contributed by atoms with Gasteiger partial charge in [-0.05, 0) is 37.6 Å². The Morgan fingerprint density at radius 3 is 2.61 bits per heavy atom. The molecule has 3 aromatic heterocycles. The molecule has 1 amide bonds. The predicted molar refractivity (Wildman–Crippen MR) is 100 cm³/mol. The highest BCUT2D eigenvalue weighted by Crippen LogP contribution is 2.28. The van der Waals surface area contributed by atoms with Crippen LogP contribution in [0, 0.1) is 6.92 Å². The van der Waals surface area contributed by atoms with Crippen molar-refractivity contribution in [2.75, 3.05) is 22.9 Å². The van der Waals surface area contributed by atoms with Crippen molar-refractivity contribution in [1.29, 1.82) is 0 Å². The number of rotatable bonds is 3. The van der Waals surface area contributed by atoms with Gasteiger partial charge in [-0.3, -0.25) is 9.78 Å². The van der Waals surface area contributed by atoms with Crippen molar-refractivity contribution in [2.24, 2.45) is 0 Å². The highest BCUT2D eigenvalue weighted by atomic mass is 19.1. The summed E-state index contributed by atoms with van der Waals surface area (Å²) in [6, 6.07) is 7.34. The maximum atomic E-state index is 13.4. The van der Waals surface area contributed by atoms with Gasteiger partial charge in [-0.25, -0.2) is 9.07 Å². The number of halogens is 1. The lowest BCUT2D eigenvalue weighted by atomic mass is 10.3. The Balaban J connectivity index is 1.36. The maximum Gasteiger partial charge on any atom is 0.262 e. The van der Waals surface area contributed by atoms with Gasteiger partial charge in [0.1, 0.15) is 6.17 Å². The number of fused-ring (bicyclic) bond motifs is 1. The molecule has 9 heteroatoms. The average Bonchev–Trinajstić information content (AvgIpc) is 3.39. The van der Waals surface area contributed by atoms with Crippen LogP contribution in [0.1, 0.15) is 28.2 Å². The van der Waals surface area contributed by atoms with E-state index in [-0.39, 0.29) is 5.91 Å². The number of alkyl halides is 1. The summed E-state index contributed by atoms with van der Waals surface area (Å²) in [5.74, 6) is 1.06. The minimum absolute atomic E-state index is 0.109. The van der Waals surface area contributed by atoms with Crippen molar-refractivity contribution in [3.05, 3.63) is 53.6 Å². The SMILES string of the molecule is Cc1ccc(N2Cc3nn(-c4ccc(N5CC[C@H](F)C5)nn4)cc3C2=O)cn1. The minimum atomic E-state index is -0.812. The van der Waals surface area contributed by atoms with Gasteiger partial charge in [0, 0.05) is 18.4 Å². The van der Waals surface area contributed by atoms with Crippen molar-refractivity contribution < 1.29 is 9.18 Å². The molecule has 0 spiro atoms. The zero-order valence-electron chi connectivity index (χ0n) is 15.3. The molecular weight excluding hydrogens is 361 g/mol. The molecule has 8 nitrogen and oxygen atoms in total. The Kier molecular flexibility index (Phi) is 3.81. The van der Waals surface area contributed by atoms with Crippen LogP contribution in [0.5, 0.6) is 0 Å². The van der Waals surface area contributed by atoms with Crippen molar-refractivity contribution >= 4 is 17.4 Å². The lowest BCUT2D eigenvalue weighted by Gasteiger charge is -2.16. The van der Waals surface area contributed by atoms with Gasteiger partial charge in [0.25, 0.3) is 5.91 Å². The highest BCUT2D eigenvalue weighted by molar-refractivity contribution is 6.09. The highest BCUT2D eigenvalue weighted by Gasteiger charge is 2.32. The Bertz CT molecular complexity index is 1030. The summed E-state index contributed by atoms with van der Waals surface area (Å²) in [6.07, 6.45) is 3.08. The van der Waals surface area contributed by atoms with Crippen molar-refractivity contribution in [3.8, 4) is 5.82 Å². The maximum absolute atomic E-state index is 13.4. The number of amides is 1. The molecule has 1 atom stereocenters. The molecule has 0 aliphatic carbocycles. The normalized spacial score (nSPS) is 18.8. The molecule has 0 unspecified atom stereocenters. The number of carbonyl (C=O) groups is 1. The Labute approximate surface area is 160 Å². The number of carbonyl (C=O) groups excluding carboxylic acids is 1. The summed E-state index contributed by atoms with van der Waals surface area (Å²) < 4.78 is 14.9. The first-order chi connectivity index (χ1) is 13.6. The zero-order chi connectivity index (χ0) is 19.3. The van der Waals surface area contributed by atoms with E-state index in [9.17, 15) is 9.18 Å². The summed E-state index contributed by atoms with van der Waals surface area (Å²) in [5.41, 5.74) is 2.89. The molecule has 0 radical (unpaired) electrons. The smallest absolute Gasteiger partial charge is 0.262 e. The van der Waals surface area contributed by atoms with Gasteiger partial charge in [0.15, 0.2) is 11.6 Å². The molecule has 5 heterocycles. The Morgan fingerprint density at radius 2 is 1.96 bits per heavy atom. The first-order valence-electron chi connectivity index (χ1n) is 9.15. The fourth-order valence-corrected chi connectivity index (χ4v) is 3.55. The summed E-state index contributed by atoms with van der Waals surface area (Å²) in [7, 11) is 0. The first kappa shape index (κ1) is 16.8. The van der Waals surface area contributed by atoms with Crippen molar-refractivity contribution in [2.45, 2.75) is 26.1 Å². The molecule has 2 aliphatic heterocycles. The standard InChI is InChI=1S/C19H18FN7O/c1-12-2-3-14(8-21-12)26-11-16-15(19(26)28)10-27(24-16)18-5-4-17(22-23-18)25-7-6-13(20)9-25/h2-5,8,10,13H,6-7,9,11H2,1H3/t13-/m0/s1. The van der Waals surface area contributed by atoms with Crippen molar-refractivity contribution in [3.63, 3.8) is 0 Å². The Hall–Kier alpha value is -3.36. The number of nitrogens with zero attached hydrogens (tertiary/aromatic N) is 7. The van der Waals surface area contributed by atoms with Gasteiger partial charge >= 0.3 is 0 Å². The summed E-state index contributed by atoms with van der Waals surface area (Å²) in [5, 5.41) is 12.9. The third-order valence-electron chi connectivity index (χ3n) is 5.11. The molecular formula is C19H18FN7O. The molecule has 0 N–H and O–H groups in total. The molecule has 142 valence electrons. The molecule has 0 aromatic carbocycles. The number of aromatic nitrogens is 5. The number of anilines is 2. The van der Waals surface area contributed by atoms with Gasteiger partial charge in [-0.1, -0.05) is 0 Å². The van der Waals surface area contributed by atoms with E-state index >= 15 is 0 Å². The topological polar surface area (TPSA) is 80.0 Å². The second-order valence-electron chi connectivity index (χ2n) is 7.06. The molecule has 3 aromatic rings. The zero-order valence-corrected chi connectivity index (χ0v) is 15.3. The van der Waals surface area contributed by atoms with E-state index in [0.717, 1.165) is 11.4 Å². The van der Waals surface area contributed by atoms with Crippen LogP contribution in [0.15, 0.2) is 36.7 Å². The molecule has 0 bridgehead atoms. The number of hydrogen-bond acceptors (Lipinski definition) is 6. The molecule has 1 fully saturated rings. The fourth-order valence-electron chi connectivity index (χ4n) is 3.55. The quantitative estimate of drug-likeness (QED) is 0.693. The van der Waals surface area contributed by atoms with Crippen LogP contribution in [0.2, 0.25) is 0 Å². The molecule has 2 aliphatic rings. The monoisotopic (exact) mass is 379 g/mol. The third-order valence-corrected chi connectivity index (χ3v) is 5.11. The van der Waals surface area contributed by atoms with Gasteiger partial charge < -0.3 is 9.80 Å². The van der Waals surface area contributed by atoms with Crippen LogP contribution in [-0.2, 0) is 6.54 Å². The molecule has 0 saturated carbocycles. The number of aryl methyl sites for hydroxylation is 1. The lowest BCUT2D eigenvalue weighted by molar-refractivity contribution is 0.0996. The first-order valence-corrected chi connectivity index (χ1v) is 9.15. The van der Waals surface area contributed by atoms with Gasteiger partial charge in [0.2, 0.25) is 0 Å². The minimum Gasteiger partial charge on any atom is -0.352 e. The van der Waals surface area contributed by atoms with Crippen LogP contribution < -0.4 is 9.80 Å². The van der Waals surface area contributed by atoms with Gasteiger partial charge in [-0.15, -0.1) is 10.2 Å². The van der Waals surface area contributed by atoms with Crippen LogP contribution in [0.4, 0.5) is 15.9 Å². The van der Waals surface area contributed by atoms with E-state index in [1.165, 1.54) is 0 Å². The van der Waals surface area contributed by atoms with Crippen LogP contribution in [0.3, 0.4) is 0 Å². The van der Waals surface area contributed by atoms with Crippen LogP contribution in [-0.4, -0.2) is 50.1 Å². The van der Waals surface area contributed by atoms with Gasteiger partial charge in [-0.2, -0.15) is 5.10 Å². The van der Waals surface area contributed by atoms with E-state index in [1.807, 2.05) is 24.0 Å². The molecule has 28 heavy (non-hydrogen) atoms. The summed E-state index contributed by atoms with van der Waals surface area (Å²) in [4.78, 5) is 20.5. The average molecular weight is 379 g/mol. The van der Waals surface area contributed by atoms with E-state index in [1.54, 1.807) is 34.1 Å².